The molecule has 0 atom stereocenters. The summed E-state index contributed by atoms with van der Waals surface area (Å²) in [6, 6.07) is 7.75. The number of thiazole rings is 1. The monoisotopic (exact) mass is 264 g/mol. The SMILES string of the molecule is CSc1cccc(NC(=O)c2csc(C)n2)c1. The zero-order valence-electron chi connectivity index (χ0n) is 9.56. The van der Waals surface area contributed by atoms with Crippen LogP contribution in [0.3, 0.4) is 0 Å². The summed E-state index contributed by atoms with van der Waals surface area (Å²) in [4.78, 5) is 17.1. The van der Waals surface area contributed by atoms with Crippen LogP contribution < -0.4 is 5.32 Å². The normalized spacial score (nSPS) is 10.2. The van der Waals surface area contributed by atoms with Crippen molar-refractivity contribution < 1.29 is 4.79 Å². The number of hydrogen-bond donors (Lipinski definition) is 1. The molecule has 0 spiro atoms. The van der Waals surface area contributed by atoms with Crippen molar-refractivity contribution in [3.8, 4) is 0 Å². The number of thioether (sulfide) groups is 1. The fourth-order valence-electron chi connectivity index (χ4n) is 1.36. The maximum atomic E-state index is 11.9. The van der Waals surface area contributed by atoms with Crippen LogP contribution in [-0.4, -0.2) is 17.1 Å². The molecule has 0 aliphatic rings. The third-order valence-corrected chi connectivity index (χ3v) is 3.68. The van der Waals surface area contributed by atoms with Gasteiger partial charge in [-0.05, 0) is 31.4 Å². The second-order valence-corrected chi connectivity index (χ2v) is 5.38. The Morgan fingerprint density at radius 1 is 1.47 bits per heavy atom. The highest BCUT2D eigenvalue weighted by atomic mass is 32.2. The van der Waals surface area contributed by atoms with Crippen molar-refractivity contribution in [2.24, 2.45) is 0 Å². The van der Waals surface area contributed by atoms with Crippen molar-refractivity contribution in [3.63, 3.8) is 0 Å². The van der Waals surface area contributed by atoms with E-state index in [1.54, 1.807) is 17.1 Å². The number of aromatic nitrogens is 1. The molecule has 0 aliphatic heterocycles. The van der Waals surface area contributed by atoms with Gasteiger partial charge in [0, 0.05) is 16.0 Å². The molecule has 1 aromatic heterocycles. The number of carbonyl (C=O) groups excluding carboxylic acids is 1. The summed E-state index contributed by atoms with van der Waals surface area (Å²) < 4.78 is 0. The number of rotatable bonds is 3. The van der Waals surface area contributed by atoms with Crippen LogP contribution in [0.2, 0.25) is 0 Å². The minimum absolute atomic E-state index is 0.160. The maximum Gasteiger partial charge on any atom is 0.275 e. The van der Waals surface area contributed by atoms with Crippen LogP contribution in [-0.2, 0) is 0 Å². The van der Waals surface area contributed by atoms with E-state index in [9.17, 15) is 4.79 Å². The number of hydrogen-bond acceptors (Lipinski definition) is 4. The van der Waals surface area contributed by atoms with Gasteiger partial charge in [0.05, 0.1) is 5.01 Å². The molecule has 1 amide bonds. The molecule has 0 aliphatic carbocycles. The lowest BCUT2D eigenvalue weighted by Crippen LogP contribution is -2.12. The predicted molar refractivity (Wildman–Crippen MR) is 73.0 cm³/mol. The molecule has 0 fully saturated rings. The molecule has 0 saturated carbocycles. The van der Waals surface area contributed by atoms with Crippen molar-refractivity contribution in [3.05, 3.63) is 40.3 Å². The lowest BCUT2D eigenvalue weighted by molar-refractivity contribution is 0.102. The Kier molecular flexibility index (Phi) is 3.81. The Morgan fingerprint density at radius 2 is 2.29 bits per heavy atom. The third kappa shape index (κ3) is 3.08. The van der Waals surface area contributed by atoms with Crippen molar-refractivity contribution in [1.82, 2.24) is 4.98 Å². The van der Waals surface area contributed by atoms with Crippen LogP contribution >= 0.6 is 23.1 Å². The second-order valence-electron chi connectivity index (χ2n) is 3.44. The van der Waals surface area contributed by atoms with Gasteiger partial charge in [-0.3, -0.25) is 4.79 Å². The Balaban J connectivity index is 2.12. The molecule has 2 rings (SSSR count). The first-order valence-corrected chi connectivity index (χ1v) is 7.17. The van der Waals surface area contributed by atoms with Gasteiger partial charge in [-0.1, -0.05) is 6.07 Å². The summed E-state index contributed by atoms with van der Waals surface area (Å²) in [6.45, 7) is 1.88. The van der Waals surface area contributed by atoms with E-state index >= 15 is 0 Å². The van der Waals surface area contributed by atoms with Crippen LogP contribution in [0.1, 0.15) is 15.5 Å². The van der Waals surface area contributed by atoms with E-state index in [-0.39, 0.29) is 5.91 Å². The van der Waals surface area contributed by atoms with Crippen molar-refractivity contribution in [1.29, 1.82) is 0 Å². The fraction of sp³-hybridized carbons (Fsp3) is 0.167. The topological polar surface area (TPSA) is 42.0 Å². The first-order valence-electron chi connectivity index (χ1n) is 5.06. The van der Waals surface area contributed by atoms with Gasteiger partial charge in [0.1, 0.15) is 5.69 Å². The van der Waals surface area contributed by atoms with Gasteiger partial charge in [-0.2, -0.15) is 0 Å². The van der Waals surface area contributed by atoms with Crippen molar-refractivity contribution >= 4 is 34.7 Å². The molecular weight excluding hydrogens is 252 g/mol. The molecule has 1 heterocycles. The highest BCUT2D eigenvalue weighted by Crippen LogP contribution is 2.19. The van der Waals surface area contributed by atoms with Gasteiger partial charge < -0.3 is 5.32 Å². The number of aryl methyl sites for hydroxylation is 1. The summed E-state index contributed by atoms with van der Waals surface area (Å²) in [5.74, 6) is -0.160. The second kappa shape index (κ2) is 5.33. The van der Waals surface area contributed by atoms with E-state index in [0.717, 1.165) is 15.6 Å². The number of anilines is 1. The van der Waals surface area contributed by atoms with Crippen LogP contribution in [0, 0.1) is 6.92 Å². The zero-order chi connectivity index (χ0) is 12.3. The molecule has 1 N–H and O–H groups in total. The summed E-state index contributed by atoms with van der Waals surface area (Å²) in [5.41, 5.74) is 1.27. The standard InChI is InChI=1S/C12H12N2OS2/c1-8-13-11(7-17-8)12(15)14-9-4-3-5-10(6-9)16-2/h3-7H,1-2H3,(H,14,15). The molecule has 0 radical (unpaired) electrons. The van der Waals surface area contributed by atoms with Crippen LogP contribution in [0.15, 0.2) is 34.5 Å². The Hall–Kier alpha value is -1.33. The number of nitrogens with zero attached hydrogens (tertiary/aromatic N) is 1. The molecule has 3 nitrogen and oxygen atoms in total. The average molecular weight is 264 g/mol. The van der Waals surface area contributed by atoms with E-state index < -0.39 is 0 Å². The molecule has 1 aromatic carbocycles. The summed E-state index contributed by atoms with van der Waals surface area (Å²) in [6.07, 6.45) is 2.00. The highest BCUT2D eigenvalue weighted by Gasteiger charge is 2.09. The smallest absolute Gasteiger partial charge is 0.275 e. The van der Waals surface area contributed by atoms with E-state index in [2.05, 4.69) is 10.3 Å². The van der Waals surface area contributed by atoms with E-state index in [1.807, 2.05) is 37.4 Å². The summed E-state index contributed by atoms with van der Waals surface area (Å²) >= 11 is 3.12. The predicted octanol–water partition coefficient (Wildman–Crippen LogP) is 3.43. The molecular formula is C12H12N2OS2. The van der Waals surface area contributed by atoms with Crippen LogP contribution in [0.4, 0.5) is 5.69 Å². The van der Waals surface area contributed by atoms with Gasteiger partial charge in [0.15, 0.2) is 0 Å². The lowest BCUT2D eigenvalue weighted by atomic mass is 10.3. The summed E-state index contributed by atoms with van der Waals surface area (Å²) in [7, 11) is 0. The molecule has 88 valence electrons. The van der Waals surface area contributed by atoms with E-state index in [1.165, 1.54) is 11.3 Å². The highest BCUT2D eigenvalue weighted by molar-refractivity contribution is 7.98. The zero-order valence-corrected chi connectivity index (χ0v) is 11.2. The Bertz CT molecular complexity index is 537. The lowest BCUT2D eigenvalue weighted by Gasteiger charge is -2.04. The maximum absolute atomic E-state index is 11.9. The molecule has 17 heavy (non-hydrogen) atoms. The number of carbonyl (C=O) groups is 1. The van der Waals surface area contributed by atoms with Crippen LogP contribution in [0.25, 0.3) is 0 Å². The van der Waals surface area contributed by atoms with Gasteiger partial charge >= 0.3 is 0 Å². The van der Waals surface area contributed by atoms with Crippen molar-refractivity contribution in [2.75, 3.05) is 11.6 Å². The number of nitrogens with one attached hydrogen (secondary N) is 1. The average Bonchev–Trinajstić information content (AvgIpc) is 2.76. The number of benzene rings is 1. The molecule has 0 bridgehead atoms. The van der Waals surface area contributed by atoms with Gasteiger partial charge in [0.2, 0.25) is 0 Å². The minimum Gasteiger partial charge on any atom is -0.321 e. The summed E-state index contributed by atoms with van der Waals surface area (Å²) in [5, 5.41) is 5.50. The first-order chi connectivity index (χ1) is 8.19. The first kappa shape index (κ1) is 12.1. The molecule has 0 unspecified atom stereocenters. The third-order valence-electron chi connectivity index (χ3n) is 2.18. The molecule has 0 saturated heterocycles. The quantitative estimate of drug-likeness (QED) is 0.864. The largest absolute Gasteiger partial charge is 0.321 e. The van der Waals surface area contributed by atoms with Gasteiger partial charge in [0.25, 0.3) is 5.91 Å². The Labute approximate surface area is 108 Å². The Morgan fingerprint density at radius 3 is 2.94 bits per heavy atom. The molecule has 5 heteroatoms. The minimum atomic E-state index is -0.160. The van der Waals surface area contributed by atoms with Crippen LogP contribution in [0.5, 0.6) is 0 Å². The van der Waals surface area contributed by atoms with E-state index in [0.29, 0.717) is 5.69 Å². The fourth-order valence-corrected chi connectivity index (χ4v) is 2.42. The molecule has 2 aromatic rings. The van der Waals surface area contributed by atoms with Crippen molar-refractivity contribution in [2.45, 2.75) is 11.8 Å². The van der Waals surface area contributed by atoms with Gasteiger partial charge in [-0.15, -0.1) is 23.1 Å². The van der Waals surface area contributed by atoms with Gasteiger partial charge in [-0.25, -0.2) is 4.98 Å². The number of amides is 1. The van der Waals surface area contributed by atoms with E-state index in [4.69, 9.17) is 0 Å².